The fraction of sp³-hybridized carbons (Fsp3) is 0.522. The summed E-state index contributed by atoms with van der Waals surface area (Å²) in [7, 11) is -1.91. The minimum Gasteiger partial charge on any atom is -0.530 e. The van der Waals surface area contributed by atoms with Crippen LogP contribution in [-0.4, -0.2) is 148 Å². The van der Waals surface area contributed by atoms with Crippen molar-refractivity contribution in [3.8, 4) is 46.9 Å². The van der Waals surface area contributed by atoms with E-state index in [2.05, 4.69) is 102 Å². The molecule has 0 aliphatic carbocycles. The number of hydrogen-bond donors (Lipinski definition) is 2. The number of likely N-dealkylation sites (N-methyl/N-ethyl adjacent to an activating group) is 2. The quantitative estimate of drug-likeness (QED) is 0.0381. The molecule has 0 unspecified atom stereocenters. The van der Waals surface area contributed by atoms with Crippen molar-refractivity contribution in [3.05, 3.63) is 164 Å². The minimum absolute atomic E-state index is 0.00732. The normalized spacial score (nSPS) is 14.9. The van der Waals surface area contributed by atoms with Gasteiger partial charge in [0.1, 0.15) is 71.7 Å². The van der Waals surface area contributed by atoms with Crippen LogP contribution >= 0.6 is 0 Å². The van der Waals surface area contributed by atoms with E-state index in [9.17, 15) is 28.0 Å². The fourth-order valence-electron chi connectivity index (χ4n) is 13.9. The Labute approximate surface area is 689 Å². The molecule has 2 aromatic heterocycles. The number of pyridine rings is 2. The Hall–Kier alpha value is -9.79. The lowest BCUT2D eigenvalue weighted by Crippen LogP contribution is -2.56. The summed E-state index contributed by atoms with van der Waals surface area (Å²) < 4.78 is 66.3. The van der Waals surface area contributed by atoms with Gasteiger partial charge in [-0.3, -0.25) is 29.0 Å². The molecule has 0 bridgehead atoms. The number of hydrogen-bond acceptors (Lipinski definition) is 14. The lowest BCUT2D eigenvalue weighted by molar-refractivity contribution is -0.130. The maximum atomic E-state index is 15.7. The average molecular weight is 1630 g/mol. The van der Waals surface area contributed by atoms with Crippen LogP contribution in [-0.2, 0) is 65.2 Å². The van der Waals surface area contributed by atoms with Crippen molar-refractivity contribution in [1.29, 1.82) is 0 Å². The number of anilines is 2. The standard InChI is InChI=1S/C92H124F2N8O12Si2/c1-29-73(99(23)85(107)111-87(7,8)9)79(103)95-71(83(105)101-55-91(19,20)77-75(101)51-63(49-61-35-39-65(93)40-36-61)81(97-77)113-115(25,26)89(13,14)15)53-69-57(3)45-67(46-58(69)4)109-43-33-31-32-34-44-110-68-47-59(5)70(60(6)48-68)54-72(96-80(104)74(30-2)100(24)86(108)112-88(10,11)12)84(106)102-56-92(21,22)78-76(102)52-64(50-62-37-41-66(94)42-38-62)82(98-78)114-116(27,28)90(16,17)18/h35-42,45-48,51-52,71-74H,29-30,43-44,49-50,53-56H2,1-28H3,(H,95,103)(H,96,104)/t71-,72-,73-,74-/m0/s1. The number of halogens is 2. The predicted molar refractivity (Wildman–Crippen MR) is 459 cm³/mol. The van der Waals surface area contributed by atoms with E-state index in [1.54, 1.807) is 89.5 Å². The third-order valence-corrected chi connectivity index (χ3v) is 31.1. The van der Waals surface area contributed by atoms with Gasteiger partial charge in [-0.15, -0.1) is 0 Å². The van der Waals surface area contributed by atoms with Gasteiger partial charge < -0.3 is 48.2 Å². The van der Waals surface area contributed by atoms with Crippen molar-refractivity contribution in [3.63, 3.8) is 0 Å². The molecule has 24 heteroatoms. The van der Waals surface area contributed by atoms with Crippen LogP contribution in [0.3, 0.4) is 0 Å². The van der Waals surface area contributed by atoms with E-state index in [1.165, 1.54) is 48.2 Å². The Balaban J connectivity index is 1.01. The number of aryl methyl sites for hydroxylation is 4. The van der Waals surface area contributed by atoms with E-state index >= 15 is 9.59 Å². The summed E-state index contributed by atoms with van der Waals surface area (Å²) in [4.78, 5) is 104. The number of amides is 6. The van der Waals surface area contributed by atoms with E-state index in [0.717, 1.165) is 55.6 Å². The van der Waals surface area contributed by atoms with E-state index in [4.69, 9.17) is 37.8 Å². The van der Waals surface area contributed by atoms with Crippen LogP contribution in [0.1, 0.15) is 204 Å². The second kappa shape index (κ2) is 36.0. The van der Waals surface area contributed by atoms with E-state index in [1.807, 2.05) is 91.8 Å². The molecule has 4 atom stereocenters. The summed E-state index contributed by atoms with van der Waals surface area (Å²) in [5.41, 5.74) is 7.41. The Morgan fingerprint density at radius 3 is 1.11 bits per heavy atom. The molecule has 8 rings (SSSR count). The molecule has 0 fully saturated rings. The van der Waals surface area contributed by atoms with Gasteiger partial charge in [0.15, 0.2) is 0 Å². The summed E-state index contributed by atoms with van der Waals surface area (Å²) in [5, 5.41) is 5.87. The van der Waals surface area contributed by atoms with E-state index in [0.29, 0.717) is 58.9 Å². The zero-order chi connectivity index (χ0) is 86.5. The number of benzene rings is 4. The molecule has 6 amide bonds. The second-order valence-corrected chi connectivity index (χ2v) is 46.9. The van der Waals surface area contributed by atoms with Crippen molar-refractivity contribution in [2.45, 2.75) is 273 Å². The maximum absolute atomic E-state index is 15.7. The fourth-order valence-corrected chi connectivity index (χ4v) is 15.8. The first-order chi connectivity index (χ1) is 53.6. The predicted octanol–water partition coefficient (Wildman–Crippen LogP) is 17.4. The smallest absolute Gasteiger partial charge is 0.410 e. The summed E-state index contributed by atoms with van der Waals surface area (Å²) in [6, 6.07) is 19.7. The number of rotatable bonds is 26. The Morgan fingerprint density at radius 2 is 0.828 bits per heavy atom. The average Bonchev–Trinajstić information content (AvgIpc) is 1.59. The molecule has 0 spiro atoms. The van der Waals surface area contributed by atoms with Crippen molar-refractivity contribution in [2.75, 3.05) is 50.2 Å². The molecule has 2 aliphatic rings. The Bertz CT molecular complexity index is 4440. The molecule has 4 aromatic carbocycles. The largest absolute Gasteiger partial charge is 0.530 e. The molecular formula is C92H124F2N8O12Si2. The van der Waals surface area contributed by atoms with Crippen LogP contribution in [0.5, 0.6) is 23.3 Å². The first-order valence-electron chi connectivity index (χ1n) is 40.2. The van der Waals surface area contributed by atoms with Crippen molar-refractivity contribution < 1.29 is 65.3 Å². The summed E-state index contributed by atoms with van der Waals surface area (Å²) >= 11 is 0. The van der Waals surface area contributed by atoms with Crippen molar-refractivity contribution >= 4 is 63.8 Å². The number of carbonyl (C=O) groups excluding carboxylic acids is 6. The molecule has 0 saturated heterocycles. The zero-order valence-electron chi connectivity index (χ0n) is 73.8. The topological polar surface area (TPSA) is 221 Å². The number of ether oxygens (including phenoxy) is 4. The van der Waals surface area contributed by atoms with Gasteiger partial charge in [0.2, 0.25) is 35.4 Å². The highest BCUT2D eigenvalue weighted by Crippen LogP contribution is 2.48. The molecule has 116 heavy (non-hydrogen) atoms. The van der Waals surface area contributed by atoms with Gasteiger partial charge in [0.25, 0.3) is 16.6 Å². The van der Waals surface area contributed by atoms with Gasteiger partial charge in [-0.1, -0.05) is 107 Å². The third kappa shape index (κ3) is 22.7. The SMILES string of the molecule is CC[C@@H](C(=O)N[C@@H](Cc1c(C)cc(OCC#CC#CCOc2cc(C)c(C[C@H](NC(=O)[C@H](CC)N(C)C(=O)OC(C)(C)C)C(=O)N3CC(C)(C)c4nc(O[Si](C)(C)C(C)(C)C)c(Cc5ccc(F)cc5)cc43)c(C)c2)cc1C)C(=O)N1CC(C)(C)c2nc(O[Si](C)(C)C(C)(C)C)c(Cc3ccc(F)cc3)cc21)N(C)C(=O)OC(C)(C)C. The lowest BCUT2D eigenvalue weighted by atomic mass is 9.90. The van der Waals surface area contributed by atoms with Crippen molar-refractivity contribution in [2.24, 2.45) is 0 Å². The number of nitrogens with zero attached hydrogens (tertiary/aromatic N) is 6. The number of nitrogens with one attached hydrogen (secondary N) is 2. The Kier molecular flexibility index (Phi) is 28.5. The van der Waals surface area contributed by atoms with Gasteiger partial charge in [0, 0.05) is 74.8 Å². The van der Waals surface area contributed by atoms with Crippen LogP contribution < -0.4 is 38.8 Å². The molecule has 4 heterocycles. The maximum Gasteiger partial charge on any atom is 0.410 e. The van der Waals surface area contributed by atoms with Gasteiger partial charge in [-0.05, 0) is 247 Å². The van der Waals surface area contributed by atoms with E-state index < -0.39 is 86.8 Å². The summed E-state index contributed by atoms with van der Waals surface area (Å²) in [6.07, 6.45) is -0.0518. The molecule has 0 radical (unpaired) electrons. The Morgan fingerprint density at radius 1 is 0.517 bits per heavy atom. The first-order valence-corrected chi connectivity index (χ1v) is 46.0. The molecule has 0 saturated carbocycles. The molecule has 6 aromatic rings. The minimum atomic E-state index is -2.47. The van der Waals surface area contributed by atoms with Crippen molar-refractivity contribution in [1.82, 2.24) is 30.4 Å². The van der Waals surface area contributed by atoms with Crippen LogP contribution in [0.15, 0.2) is 84.9 Å². The van der Waals surface area contributed by atoms with E-state index in [-0.39, 0.29) is 85.5 Å². The highest BCUT2D eigenvalue weighted by molar-refractivity contribution is 6.75. The zero-order valence-corrected chi connectivity index (χ0v) is 75.8. The van der Waals surface area contributed by atoms with Gasteiger partial charge in [0.05, 0.1) is 22.8 Å². The summed E-state index contributed by atoms with van der Waals surface area (Å²) in [6.45, 7) is 51.9. The molecule has 20 nitrogen and oxygen atoms in total. The molecule has 626 valence electrons. The van der Waals surface area contributed by atoms with Crippen LogP contribution in [0.4, 0.5) is 29.7 Å². The van der Waals surface area contributed by atoms with Crippen LogP contribution in [0, 0.1) is 63.0 Å². The van der Waals surface area contributed by atoms with Gasteiger partial charge >= 0.3 is 12.2 Å². The molecule has 2 N–H and O–H groups in total. The second-order valence-electron chi connectivity index (χ2n) is 37.4. The molecular weight excluding hydrogens is 1500 g/mol. The lowest BCUT2D eigenvalue weighted by Gasteiger charge is -2.36. The monoisotopic (exact) mass is 1630 g/mol. The summed E-state index contributed by atoms with van der Waals surface area (Å²) in [5.74, 6) is 11.1. The first kappa shape index (κ1) is 91.7. The number of aromatic nitrogens is 2. The van der Waals surface area contributed by atoms with Crippen LogP contribution in [0.2, 0.25) is 36.3 Å². The van der Waals surface area contributed by atoms with Crippen LogP contribution in [0.25, 0.3) is 0 Å². The van der Waals surface area contributed by atoms with Gasteiger partial charge in [-0.2, -0.15) is 0 Å². The van der Waals surface area contributed by atoms with Gasteiger partial charge in [-0.25, -0.2) is 28.3 Å². The highest BCUT2D eigenvalue weighted by Gasteiger charge is 2.48. The third-order valence-electron chi connectivity index (χ3n) is 22.4. The number of carbonyl (C=O) groups is 6. The number of fused-ring (bicyclic) bond motifs is 2. The molecule has 2 aliphatic heterocycles. The highest BCUT2D eigenvalue weighted by atomic mass is 28.4.